The summed E-state index contributed by atoms with van der Waals surface area (Å²) >= 11 is 0. The van der Waals surface area contributed by atoms with E-state index in [9.17, 15) is 19.4 Å². The largest absolute Gasteiger partial charge is 0.756 e. The topological polar surface area (TPSA) is 108 Å². The van der Waals surface area contributed by atoms with Crippen LogP contribution in [0, 0.1) is 0 Å². The van der Waals surface area contributed by atoms with Gasteiger partial charge in [0, 0.05) is 6.42 Å². The number of quaternary nitrogens is 1. The molecule has 528 valence electrons. The summed E-state index contributed by atoms with van der Waals surface area (Å²) < 4.78 is 23.5. The van der Waals surface area contributed by atoms with Gasteiger partial charge < -0.3 is 28.8 Å². The number of rotatable bonds is 75. The number of nitrogens with zero attached hydrogens (tertiary/aromatic N) is 1. The summed E-state index contributed by atoms with van der Waals surface area (Å²) in [6.45, 7) is 4.70. The van der Waals surface area contributed by atoms with Gasteiger partial charge in [0.1, 0.15) is 13.2 Å². The van der Waals surface area contributed by atoms with Crippen molar-refractivity contribution in [3.05, 3.63) is 36.5 Å². The Labute approximate surface area is 557 Å². The van der Waals surface area contributed by atoms with Gasteiger partial charge in [0.15, 0.2) is 0 Å². The normalized spacial score (nSPS) is 13.7. The van der Waals surface area contributed by atoms with E-state index in [1.807, 2.05) is 27.2 Å². The van der Waals surface area contributed by atoms with Gasteiger partial charge in [0.05, 0.1) is 39.9 Å². The molecule has 0 aliphatic carbocycles. The van der Waals surface area contributed by atoms with Crippen molar-refractivity contribution in [2.45, 2.75) is 431 Å². The van der Waals surface area contributed by atoms with Gasteiger partial charge in [-0.2, -0.15) is 0 Å². The number of unbranched alkanes of at least 4 members (excludes halogenated alkanes) is 58. The van der Waals surface area contributed by atoms with E-state index < -0.39 is 20.0 Å². The van der Waals surface area contributed by atoms with E-state index in [0.717, 1.165) is 38.5 Å². The summed E-state index contributed by atoms with van der Waals surface area (Å²) in [7, 11) is 1.26. The molecule has 0 saturated heterocycles. The van der Waals surface area contributed by atoms with E-state index in [1.165, 1.54) is 360 Å². The zero-order chi connectivity index (χ0) is 64.8. The van der Waals surface area contributed by atoms with Crippen molar-refractivity contribution in [2.24, 2.45) is 0 Å². The van der Waals surface area contributed by atoms with E-state index in [0.29, 0.717) is 17.4 Å². The maximum absolute atomic E-state index is 13.1. The van der Waals surface area contributed by atoms with Gasteiger partial charge >= 0.3 is 0 Å². The number of amides is 1. The summed E-state index contributed by atoms with van der Waals surface area (Å²) in [5.41, 5.74) is 0. The van der Waals surface area contributed by atoms with Crippen molar-refractivity contribution < 1.29 is 32.9 Å². The first kappa shape index (κ1) is 87.7. The van der Waals surface area contributed by atoms with Gasteiger partial charge in [0.2, 0.25) is 5.91 Å². The van der Waals surface area contributed by atoms with Crippen LogP contribution in [-0.2, 0) is 18.4 Å². The lowest BCUT2D eigenvalue weighted by Gasteiger charge is -2.29. The predicted molar refractivity (Wildman–Crippen MR) is 390 cm³/mol. The van der Waals surface area contributed by atoms with Crippen LogP contribution in [0.15, 0.2) is 36.5 Å². The Kier molecular flexibility index (Phi) is 70.0. The Morgan fingerprint density at radius 1 is 0.382 bits per heavy atom. The van der Waals surface area contributed by atoms with Gasteiger partial charge in [-0.15, -0.1) is 0 Å². The van der Waals surface area contributed by atoms with Crippen LogP contribution in [0.5, 0.6) is 0 Å². The van der Waals surface area contributed by atoms with Gasteiger partial charge in [-0.1, -0.05) is 391 Å². The molecule has 0 aromatic rings. The van der Waals surface area contributed by atoms with E-state index in [1.54, 1.807) is 6.08 Å². The molecule has 3 unspecified atom stereocenters. The van der Waals surface area contributed by atoms with Crippen LogP contribution in [0.3, 0.4) is 0 Å². The van der Waals surface area contributed by atoms with Gasteiger partial charge in [-0.25, -0.2) is 0 Å². The molecule has 3 atom stereocenters. The van der Waals surface area contributed by atoms with Crippen molar-refractivity contribution in [3.63, 3.8) is 0 Å². The second-order valence-electron chi connectivity index (χ2n) is 28.8. The van der Waals surface area contributed by atoms with E-state index in [-0.39, 0.29) is 19.1 Å². The highest BCUT2D eigenvalue weighted by Gasteiger charge is 2.23. The molecule has 1 amide bonds. The number of hydrogen-bond acceptors (Lipinski definition) is 6. The van der Waals surface area contributed by atoms with Crippen molar-refractivity contribution in [1.29, 1.82) is 0 Å². The average molecular weight is 1270 g/mol. The molecule has 0 heterocycles. The lowest BCUT2D eigenvalue weighted by atomic mass is 10.0. The van der Waals surface area contributed by atoms with Crippen molar-refractivity contribution in [3.8, 4) is 0 Å². The Morgan fingerprint density at radius 2 is 0.629 bits per heavy atom. The number of likely N-dealkylation sites (N-methyl/N-ethyl adjacent to an activating group) is 1. The molecular formula is C80H157N2O6P. The molecule has 89 heavy (non-hydrogen) atoms. The molecule has 0 aliphatic rings. The number of allylic oxidation sites excluding steroid dienone is 5. The standard InChI is InChI=1S/C80H157N2O6P/c1-6-8-10-12-14-16-18-20-22-24-26-28-30-32-34-36-38-39-40-41-42-43-44-46-48-50-52-54-56-58-60-62-64-66-68-70-72-74-80(84)81-78(77-88-89(85,86)87-76-75-82(3,4)5)79(83)73-71-69-67-65-63-61-59-57-55-53-51-49-47-45-37-35-33-31-29-27-25-23-21-19-17-15-13-11-9-7-2/h24,26,63,65,71,73,78-79,83H,6-23,25,27-62,64,66-70,72,74-77H2,1-5H3,(H-,81,84,85,86)/b26-24-,65-63+,73-71+. The minimum Gasteiger partial charge on any atom is -0.756 e. The number of hydrogen-bond donors (Lipinski definition) is 2. The fourth-order valence-corrected chi connectivity index (χ4v) is 13.1. The minimum absolute atomic E-state index is 0.00401. The molecule has 0 aromatic heterocycles. The molecule has 0 bridgehead atoms. The lowest BCUT2D eigenvalue weighted by molar-refractivity contribution is -0.870. The molecular weight excluding hydrogens is 1120 g/mol. The molecule has 9 heteroatoms. The second kappa shape index (κ2) is 71.0. The fraction of sp³-hybridized carbons (Fsp3) is 0.912. The van der Waals surface area contributed by atoms with Crippen LogP contribution >= 0.6 is 7.82 Å². The van der Waals surface area contributed by atoms with Crippen LogP contribution in [-0.4, -0.2) is 68.5 Å². The van der Waals surface area contributed by atoms with Gasteiger partial charge in [-0.05, 0) is 57.8 Å². The number of phosphoric ester groups is 1. The number of aliphatic hydroxyl groups excluding tert-OH is 1. The Hall–Kier alpha value is -1.28. The molecule has 2 N–H and O–H groups in total. The van der Waals surface area contributed by atoms with Gasteiger partial charge in [0.25, 0.3) is 7.82 Å². The average Bonchev–Trinajstić information content (AvgIpc) is 3.57. The number of carbonyl (C=O) groups excluding carboxylic acids is 1. The number of nitrogens with one attached hydrogen (secondary N) is 1. The smallest absolute Gasteiger partial charge is 0.268 e. The molecule has 0 aromatic carbocycles. The molecule has 0 aliphatic heterocycles. The van der Waals surface area contributed by atoms with Crippen LogP contribution in [0.4, 0.5) is 0 Å². The molecule has 0 saturated carbocycles. The summed E-state index contributed by atoms with van der Waals surface area (Å²) in [5.74, 6) is -0.198. The van der Waals surface area contributed by atoms with E-state index in [4.69, 9.17) is 9.05 Å². The summed E-state index contributed by atoms with van der Waals surface area (Å²) in [6, 6.07) is -0.904. The van der Waals surface area contributed by atoms with Crippen molar-refractivity contribution in [2.75, 3.05) is 40.9 Å². The highest BCUT2D eigenvalue weighted by atomic mass is 31.2. The zero-order valence-electron chi connectivity index (χ0n) is 60.7. The van der Waals surface area contributed by atoms with E-state index in [2.05, 4.69) is 43.5 Å². The zero-order valence-corrected chi connectivity index (χ0v) is 61.6. The molecule has 0 fully saturated rings. The third-order valence-corrected chi connectivity index (χ3v) is 19.5. The molecule has 8 nitrogen and oxygen atoms in total. The third-order valence-electron chi connectivity index (χ3n) is 18.6. The lowest BCUT2D eigenvalue weighted by Crippen LogP contribution is -2.45. The van der Waals surface area contributed by atoms with Crippen molar-refractivity contribution >= 4 is 13.7 Å². The maximum Gasteiger partial charge on any atom is 0.268 e. The highest BCUT2D eigenvalue weighted by Crippen LogP contribution is 2.38. The second-order valence-corrected chi connectivity index (χ2v) is 30.2. The van der Waals surface area contributed by atoms with E-state index >= 15 is 0 Å². The summed E-state index contributed by atoms with van der Waals surface area (Å²) in [5, 5.41) is 14.0. The number of phosphoric acid groups is 1. The summed E-state index contributed by atoms with van der Waals surface area (Å²) in [4.78, 5) is 25.7. The SMILES string of the molecule is CCCCCCCCCC/C=C\CCCCCCCCCCCCCCCCCCCCCCCCCCCC(=O)NC(COP(=O)([O-])OCC[N+](C)(C)C)C(O)/C=C/CC/C=C/CCCCCCCCCCCCCCCCCCCCCCCCCC. The van der Waals surface area contributed by atoms with Crippen molar-refractivity contribution in [1.82, 2.24) is 5.32 Å². The molecule has 0 radical (unpaired) electrons. The highest BCUT2D eigenvalue weighted by molar-refractivity contribution is 7.45. The Balaban J connectivity index is 3.96. The van der Waals surface area contributed by atoms with Crippen LogP contribution < -0.4 is 10.2 Å². The maximum atomic E-state index is 13.1. The first-order valence-electron chi connectivity index (χ1n) is 39.9. The Morgan fingerprint density at radius 3 is 0.910 bits per heavy atom. The monoisotopic (exact) mass is 1270 g/mol. The van der Waals surface area contributed by atoms with Crippen LogP contribution in [0.1, 0.15) is 418 Å². The minimum atomic E-state index is -4.61. The third kappa shape index (κ3) is 74.0. The first-order valence-corrected chi connectivity index (χ1v) is 41.3. The predicted octanol–water partition coefficient (Wildman–Crippen LogP) is 25.3. The van der Waals surface area contributed by atoms with Crippen LogP contribution in [0.2, 0.25) is 0 Å². The number of aliphatic hydroxyl groups is 1. The quantitative estimate of drug-likeness (QED) is 0.0272. The van der Waals surface area contributed by atoms with Gasteiger partial charge in [-0.3, -0.25) is 9.36 Å². The number of carbonyl (C=O) groups is 1. The Bertz CT molecular complexity index is 1550. The first-order chi connectivity index (χ1) is 43.5. The molecule has 0 spiro atoms. The van der Waals surface area contributed by atoms with Crippen LogP contribution in [0.25, 0.3) is 0 Å². The fourth-order valence-electron chi connectivity index (χ4n) is 12.4. The molecule has 0 rings (SSSR count). The summed E-state index contributed by atoms with van der Waals surface area (Å²) in [6.07, 6.45) is 96.1.